The Morgan fingerprint density at radius 1 is 1.29 bits per heavy atom. The van der Waals surface area contributed by atoms with Gasteiger partial charge in [0.25, 0.3) is 5.69 Å². The molecule has 6 nitrogen and oxygen atoms in total. The van der Waals surface area contributed by atoms with E-state index in [-0.39, 0.29) is 18.0 Å². The molecule has 0 atom stereocenters. The van der Waals surface area contributed by atoms with Gasteiger partial charge in [-0.2, -0.15) is 0 Å². The van der Waals surface area contributed by atoms with Crippen LogP contribution < -0.4 is 5.32 Å². The molecule has 0 fully saturated rings. The second kappa shape index (κ2) is 6.98. The van der Waals surface area contributed by atoms with Crippen molar-refractivity contribution in [1.82, 2.24) is 4.98 Å². The van der Waals surface area contributed by atoms with E-state index in [9.17, 15) is 14.9 Å². The van der Waals surface area contributed by atoms with Gasteiger partial charge in [0.2, 0.25) is 5.91 Å². The van der Waals surface area contributed by atoms with E-state index in [1.54, 1.807) is 17.8 Å². The molecular weight excluding hydrogens is 346 g/mol. The summed E-state index contributed by atoms with van der Waals surface area (Å²) >= 11 is 2.94. The monoisotopic (exact) mass is 359 g/mol. The normalized spacial score (nSPS) is 10.7. The van der Waals surface area contributed by atoms with Gasteiger partial charge in [0.1, 0.15) is 0 Å². The molecule has 0 unspecified atom stereocenters. The summed E-state index contributed by atoms with van der Waals surface area (Å²) in [6.45, 7) is 0. The fourth-order valence-corrected chi connectivity index (χ4v) is 3.45. The predicted molar refractivity (Wildman–Crippen MR) is 96.8 cm³/mol. The number of non-ortho nitro benzene ring substituents is 1. The average Bonchev–Trinajstić information content (AvgIpc) is 2.96. The van der Waals surface area contributed by atoms with Gasteiger partial charge in [-0.25, -0.2) is 4.98 Å². The van der Waals surface area contributed by atoms with Crippen molar-refractivity contribution >= 4 is 50.0 Å². The van der Waals surface area contributed by atoms with Crippen LogP contribution in [0.25, 0.3) is 10.2 Å². The molecule has 1 aromatic heterocycles. The number of thiazole rings is 1. The van der Waals surface area contributed by atoms with Gasteiger partial charge in [-0.1, -0.05) is 23.5 Å². The molecule has 0 bridgehead atoms. The number of anilines is 1. The number of hydrogen-bond acceptors (Lipinski definition) is 6. The number of nitrogens with one attached hydrogen (secondary N) is 1. The molecule has 8 heteroatoms. The maximum absolute atomic E-state index is 12.1. The summed E-state index contributed by atoms with van der Waals surface area (Å²) in [5.74, 6) is -0.166. The van der Waals surface area contributed by atoms with E-state index in [0.29, 0.717) is 10.6 Å². The van der Waals surface area contributed by atoms with Crippen LogP contribution >= 0.6 is 23.1 Å². The van der Waals surface area contributed by atoms with Crippen molar-refractivity contribution in [1.29, 1.82) is 0 Å². The first-order valence-electron chi connectivity index (χ1n) is 7.03. The second-order valence-electron chi connectivity index (χ2n) is 5.00. The molecule has 0 saturated carbocycles. The number of rotatable bonds is 5. The van der Waals surface area contributed by atoms with Crippen LogP contribution in [0.4, 0.5) is 10.8 Å². The van der Waals surface area contributed by atoms with Crippen LogP contribution in [-0.2, 0) is 11.2 Å². The number of thioether (sulfide) groups is 1. The molecule has 1 amide bonds. The number of hydrogen-bond donors (Lipinski definition) is 1. The maximum atomic E-state index is 12.1. The second-order valence-corrected chi connectivity index (χ2v) is 6.91. The van der Waals surface area contributed by atoms with Crippen LogP contribution in [0.2, 0.25) is 0 Å². The van der Waals surface area contributed by atoms with E-state index in [0.717, 1.165) is 15.2 Å². The van der Waals surface area contributed by atoms with Crippen LogP contribution in [0.5, 0.6) is 0 Å². The first kappa shape index (κ1) is 16.4. The lowest BCUT2D eigenvalue weighted by Gasteiger charge is -2.03. The van der Waals surface area contributed by atoms with Crippen LogP contribution in [0.15, 0.2) is 47.4 Å². The third-order valence-corrected chi connectivity index (χ3v) is 5.05. The minimum absolute atomic E-state index is 0.0143. The number of fused-ring (bicyclic) bond motifs is 1. The number of carbonyl (C=O) groups excluding carboxylic acids is 1. The Balaban J connectivity index is 1.71. The van der Waals surface area contributed by atoms with E-state index in [1.165, 1.54) is 23.5 Å². The first-order chi connectivity index (χ1) is 11.5. The molecule has 0 aliphatic carbocycles. The Bertz CT molecular complexity index is 907. The van der Waals surface area contributed by atoms with Gasteiger partial charge in [0, 0.05) is 17.0 Å². The topological polar surface area (TPSA) is 85.1 Å². The lowest BCUT2D eigenvalue weighted by atomic mass is 10.1. The van der Waals surface area contributed by atoms with Gasteiger partial charge in [0.15, 0.2) is 5.13 Å². The molecule has 0 aliphatic heterocycles. The lowest BCUT2D eigenvalue weighted by molar-refractivity contribution is -0.384. The van der Waals surface area contributed by atoms with Crippen LogP contribution in [0.1, 0.15) is 5.56 Å². The summed E-state index contributed by atoms with van der Waals surface area (Å²) in [7, 11) is 0. The minimum atomic E-state index is -0.463. The average molecular weight is 359 g/mol. The zero-order valence-electron chi connectivity index (χ0n) is 12.7. The quantitative estimate of drug-likeness (QED) is 0.421. The molecule has 122 valence electrons. The number of amides is 1. The smallest absolute Gasteiger partial charge is 0.271 e. The molecule has 3 aromatic rings. The van der Waals surface area contributed by atoms with Gasteiger partial charge >= 0.3 is 0 Å². The SMILES string of the molecule is CSc1ccc(CC(=O)Nc2nc3cc([N+](=O)[O-])ccc3s2)cc1. The van der Waals surface area contributed by atoms with Gasteiger partial charge in [0.05, 0.1) is 21.6 Å². The molecule has 24 heavy (non-hydrogen) atoms. The first-order valence-corrected chi connectivity index (χ1v) is 9.07. The van der Waals surface area contributed by atoms with E-state index >= 15 is 0 Å². The van der Waals surface area contributed by atoms with E-state index < -0.39 is 4.92 Å². The number of aromatic nitrogens is 1. The highest BCUT2D eigenvalue weighted by molar-refractivity contribution is 7.98. The molecule has 0 saturated heterocycles. The zero-order valence-corrected chi connectivity index (χ0v) is 14.3. The van der Waals surface area contributed by atoms with Crippen molar-refractivity contribution in [3.8, 4) is 0 Å². The summed E-state index contributed by atoms with van der Waals surface area (Å²) in [4.78, 5) is 27.8. The molecule has 0 aliphatic rings. The third-order valence-electron chi connectivity index (χ3n) is 3.35. The van der Waals surface area contributed by atoms with E-state index in [1.807, 2.05) is 30.5 Å². The Labute approximate surface area is 146 Å². The van der Waals surface area contributed by atoms with Crippen LogP contribution in [0.3, 0.4) is 0 Å². The van der Waals surface area contributed by atoms with Crippen molar-refractivity contribution in [3.63, 3.8) is 0 Å². The summed E-state index contributed by atoms with van der Waals surface area (Å²) in [6, 6.07) is 12.3. The van der Waals surface area contributed by atoms with Crippen molar-refractivity contribution in [2.45, 2.75) is 11.3 Å². The summed E-state index contributed by atoms with van der Waals surface area (Å²) in [6.07, 6.45) is 2.25. The fourth-order valence-electron chi connectivity index (χ4n) is 2.18. The highest BCUT2D eigenvalue weighted by Crippen LogP contribution is 2.28. The van der Waals surface area contributed by atoms with E-state index in [2.05, 4.69) is 10.3 Å². The standard InChI is InChI=1S/C16H13N3O3S2/c1-23-12-5-2-10(3-6-12)8-15(20)18-16-17-13-9-11(19(21)22)4-7-14(13)24-16/h2-7,9H,8H2,1H3,(H,17,18,20). The zero-order chi connectivity index (χ0) is 17.1. The number of nitro groups is 1. The Kier molecular flexibility index (Phi) is 4.77. The van der Waals surface area contributed by atoms with Crippen molar-refractivity contribution in [2.75, 3.05) is 11.6 Å². The van der Waals surface area contributed by atoms with Gasteiger partial charge in [-0.05, 0) is 30.0 Å². The van der Waals surface area contributed by atoms with E-state index in [4.69, 9.17) is 0 Å². The number of nitro benzene ring substituents is 1. The van der Waals surface area contributed by atoms with Gasteiger partial charge < -0.3 is 5.32 Å². The molecule has 1 heterocycles. The summed E-state index contributed by atoms with van der Waals surface area (Å²) in [5.41, 5.74) is 1.41. The lowest BCUT2D eigenvalue weighted by Crippen LogP contribution is -2.14. The highest BCUT2D eigenvalue weighted by atomic mass is 32.2. The fraction of sp³-hybridized carbons (Fsp3) is 0.125. The van der Waals surface area contributed by atoms with Gasteiger partial charge in [-0.3, -0.25) is 14.9 Å². The Morgan fingerprint density at radius 2 is 2.04 bits per heavy atom. The molecule has 3 rings (SSSR count). The maximum Gasteiger partial charge on any atom is 0.271 e. The number of benzene rings is 2. The highest BCUT2D eigenvalue weighted by Gasteiger charge is 2.12. The molecule has 0 radical (unpaired) electrons. The van der Waals surface area contributed by atoms with Crippen LogP contribution in [0, 0.1) is 10.1 Å². The number of nitrogens with zero attached hydrogens (tertiary/aromatic N) is 2. The predicted octanol–water partition coefficient (Wildman–Crippen LogP) is 4.11. The molecule has 2 aromatic carbocycles. The summed E-state index contributed by atoms with van der Waals surface area (Å²) < 4.78 is 0.792. The molecule has 1 N–H and O–H groups in total. The Morgan fingerprint density at radius 3 is 2.71 bits per heavy atom. The van der Waals surface area contributed by atoms with Gasteiger partial charge in [-0.15, -0.1) is 11.8 Å². The van der Waals surface area contributed by atoms with Crippen LogP contribution in [-0.4, -0.2) is 22.1 Å². The van der Waals surface area contributed by atoms with Crippen molar-refractivity contribution in [2.24, 2.45) is 0 Å². The minimum Gasteiger partial charge on any atom is -0.302 e. The third kappa shape index (κ3) is 3.72. The summed E-state index contributed by atoms with van der Waals surface area (Å²) in [5, 5.41) is 14.0. The van der Waals surface area contributed by atoms with Crippen molar-refractivity contribution in [3.05, 3.63) is 58.1 Å². The largest absolute Gasteiger partial charge is 0.302 e. The Hall–Kier alpha value is -2.45. The number of carbonyl (C=O) groups is 1. The van der Waals surface area contributed by atoms with Crippen molar-refractivity contribution < 1.29 is 9.72 Å². The molecular formula is C16H13N3O3S2. The molecule has 0 spiro atoms.